The van der Waals surface area contributed by atoms with Crippen LogP contribution in [0.3, 0.4) is 0 Å². The molecule has 2 rings (SSSR count). The molecule has 0 unspecified atom stereocenters. The van der Waals surface area contributed by atoms with Gasteiger partial charge in [0.2, 0.25) is 0 Å². The molecule has 88 valence electrons. The van der Waals surface area contributed by atoms with Crippen LogP contribution in [0.2, 0.25) is 0 Å². The van der Waals surface area contributed by atoms with Crippen molar-refractivity contribution in [1.29, 1.82) is 0 Å². The average Bonchev–Trinajstić information content (AvgIpc) is 2.68. The Balaban J connectivity index is 1.96. The van der Waals surface area contributed by atoms with Gasteiger partial charge in [-0.15, -0.1) is 11.3 Å². The summed E-state index contributed by atoms with van der Waals surface area (Å²) < 4.78 is 1.01. The van der Waals surface area contributed by atoms with E-state index in [1.165, 1.54) is 30.6 Å². The molecule has 2 atom stereocenters. The van der Waals surface area contributed by atoms with Gasteiger partial charge in [-0.1, -0.05) is 19.8 Å². The third kappa shape index (κ3) is 2.86. The van der Waals surface area contributed by atoms with Gasteiger partial charge in [-0.2, -0.15) is 0 Å². The molecule has 16 heavy (non-hydrogen) atoms. The van der Waals surface area contributed by atoms with Crippen molar-refractivity contribution in [3.63, 3.8) is 0 Å². The van der Waals surface area contributed by atoms with Crippen LogP contribution in [0.4, 0.5) is 0 Å². The molecule has 1 aromatic heterocycles. The SMILES string of the molecule is C[C@@H]1CCCC[C@H]1NC(=O)c1ccc(Br)s1. The summed E-state index contributed by atoms with van der Waals surface area (Å²) in [7, 11) is 0. The van der Waals surface area contributed by atoms with Crippen molar-refractivity contribution in [1.82, 2.24) is 5.32 Å². The van der Waals surface area contributed by atoms with Crippen molar-refractivity contribution >= 4 is 33.2 Å². The minimum atomic E-state index is 0.0782. The van der Waals surface area contributed by atoms with Crippen LogP contribution < -0.4 is 5.32 Å². The van der Waals surface area contributed by atoms with Crippen LogP contribution in [-0.4, -0.2) is 11.9 Å². The summed E-state index contributed by atoms with van der Waals surface area (Å²) in [6.07, 6.45) is 4.90. The van der Waals surface area contributed by atoms with Crippen LogP contribution in [0.5, 0.6) is 0 Å². The van der Waals surface area contributed by atoms with Gasteiger partial charge in [-0.3, -0.25) is 4.79 Å². The monoisotopic (exact) mass is 301 g/mol. The first-order chi connectivity index (χ1) is 7.66. The molecule has 1 aromatic rings. The first kappa shape index (κ1) is 12.1. The topological polar surface area (TPSA) is 29.1 Å². The number of amides is 1. The fraction of sp³-hybridized carbons (Fsp3) is 0.583. The van der Waals surface area contributed by atoms with E-state index in [1.54, 1.807) is 0 Å². The van der Waals surface area contributed by atoms with E-state index in [0.717, 1.165) is 15.1 Å². The molecule has 0 bridgehead atoms. The highest BCUT2D eigenvalue weighted by atomic mass is 79.9. The lowest BCUT2D eigenvalue weighted by molar-refractivity contribution is 0.0914. The number of hydrogen-bond acceptors (Lipinski definition) is 2. The highest BCUT2D eigenvalue weighted by Crippen LogP contribution is 2.25. The predicted molar refractivity (Wildman–Crippen MR) is 70.9 cm³/mol. The second-order valence-corrected chi connectivity index (χ2v) is 6.91. The van der Waals surface area contributed by atoms with Gasteiger partial charge in [0.05, 0.1) is 8.66 Å². The Bertz CT molecular complexity index is 377. The molecular weight excluding hydrogens is 286 g/mol. The lowest BCUT2D eigenvalue weighted by Gasteiger charge is -2.29. The molecule has 1 N–H and O–H groups in total. The molecule has 1 aliphatic rings. The smallest absolute Gasteiger partial charge is 0.261 e. The van der Waals surface area contributed by atoms with Crippen molar-refractivity contribution in [2.45, 2.75) is 38.6 Å². The van der Waals surface area contributed by atoms with Gasteiger partial charge in [-0.25, -0.2) is 0 Å². The minimum absolute atomic E-state index is 0.0782. The first-order valence-corrected chi connectivity index (χ1v) is 7.34. The number of thiophene rings is 1. The summed E-state index contributed by atoms with van der Waals surface area (Å²) >= 11 is 4.87. The van der Waals surface area contributed by atoms with E-state index >= 15 is 0 Å². The van der Waals surface area contributed by atoms with Crippen molar-refractivity contribution in [3.8, 4) is 0 Å². The average molecular weight is 302 g/mol. The molecule has 4 heteroatoms. The Hall–Kier alpha value is -0.350. The maximum absolute atomic E-state index is 12.0. The number of hydrogen-bond donors (Lipinski definition) is 1. The lowest BCUT2D eigenvalue weighted by Crippen LogP contribution is -2.40. The molecule has 0 radical (unpaired) electrons. The molecule has 1 fully saturated rings. The number of carbonyl (C=O) groups excluding carboxylic acids is 1. The molecule has 1 aliphatic carbocycles. The summed E-state index contributed by atoms with van der Waals surface area (Å²) in [6, 6.07) is 4.16. The highest BCUT2D eigenvalue weighted by Gasteiger charge is 2.23. The normalized spacial score (nSPS) is 25.4. The summed E-state index contributed by atoms with van der Waals surface area (Å²) in [6.45, 7) is 2.23. The summed E-state index contributed by atoms with van der Waals surface area (Å²) in [4.78, 5) is 12.7. The molecule has 0 spiro atoms. The predicted octanol–water partition coefficient (Wildman–Crippen LogP) is 3.82. The number of halogens is 1. The first-order valence-electron chi connectivity index (χ1n) is 5.73. The van der Waals surface area contributed by atoms with Crippen LogP contribution in [0.1, 0.15) is 42.3 Å². The Morgan fingerprint density at radius 1 is 1.44 bits per heavy atom. The summed E-state index contributed by atoms with van der Waals surface area (Å²) in [5.74, 6) is 0.690. The van der Waals surface area contributed by atoms with Crippen molar-refractivity contribution in [2.24, 2.45) is 5.92 Å². The van der Waals surface area contributed by atoms with Crippen molar-refractivity contribution < 1.29 is 4.79 Å². The minimum Gasteiger partial charge on any atom is -0.348 e. The quantitative estimate of drug-likeness (QED) is 0.884. The van der Waals surface area contributed by atoms with Gasteiger partial charge in [0.15, 0.2) is 0 Å². The van der Waals surface area contributed by atoms with E-state index < -0.39 is 0 Å². The van der Waals surface area contributed by atoms with Gasteiger partial charge in [0.1, 0.15) is 0 Å². The van der Waals surface area contributed by atoms with Crippen LogP contribution in [0.15, 0.2) is 15.9 Å². The molecule has 0 aromatic carbocycles. The van der Waals surface area contributed by atoms with Gasteiger partial charge >= 0.3 is 0 Å². The van der Waals surface area contributed by atoms with Crippen LogP contribution in [-0.2, 0) is 0 Å². The maximum Gasteiger partial charge on any atom is 0.261 e. The largest absolute Gasteiger partial charge is 0.348 e. The van der Waals surface area contributed by atoms with Gasteiger partial charge in [0.25, 0.3) is 5.91 Å². The third-order valence-corrected chi connectivity index (χ3v) is 4.85. The fourth-order valence-electron chi connectivity index (χ4n) is 2.21. The second kappa shape index (κ2) is 5.32. The molecule has 1 saturated carbocycles. The number of carbonyl (C=O) groups is 1. The van der Waals surface area contributed by atoms with Crippen molar-refractivity contribution in [3.05, 3.63) is 20.8 Å². The van der Waals surface area contributed by atoms with E-state index in [4.69, 9.17) is 0 Å². The summed E-state index contributed by atoms with van der Waals surface area (Å²) in [5, 5.41) is 3.15. The molecule has 0 saturated heterocycles. The Morgan fingerprint density at radius 3 is 2.81 bits per heavy atom. The lowest BCUT2D eigenvalue weighted by atomic mass is 9.86. The van der Waals surface area contributed by atoms with E-state index in [0.29, 0.717) is 12.0 Å². The summed E-state index contributed by atoms with van der Waals surface area (Å²) in [5.41, 5.74) is 0. The standard InChI is InChI=1S/C12H16BrNOS/c1-8-4-2-3-5-9(8)14-12(15)10-6-7-11(13)16-10/h6-9H,2-5H2,1H3,(H,14,15)/t8-,9-/m1/s1. The zero-order valence-corrected chi connectivity index (χ0v) is 11.7. The van der Waals surface area contributed by atoms with E-state index in [1.807, 2.05) is 12.1 Å². The maximum atomic E-state index is 12.0. The zero-order valence-electron chi connectivity index (χ0n) is 9.33. The van der Waals surface area contributed by atoms with Crippen molar-refractivity contribution in [2.75, 3.05) is 0 Å². The molecule has 1 heterocycles. The second-order valence-electron chi connectivity index (χ2n) is 4.45. The van der Waals surface area contributed by atoms with E-state index in [9.17, 15) is 4.79 Å². The molecular formula is C12H16BrNOS. The van der Waals surface area contributed by atoms with Gasteiger partial charge in [0, 0.05) is 6.04 Å². The zero-order chi connectivity index (χ0) is 11.5. The fourth-order valence-corrected chi connectivity index (χ4v) is 3.50. The Labute approximate surface area is 109 Å². The number of rotatable bonds is 2. The number of nitrogens with one attached hydrogen (secondary N) is 1. The highest BCUT2D eigenvalue weighted by molar-refractivity contribution is 9.11. The van der Waals surface area contributed by atoms with Crippen LogP contribution in [0, 0.1) is 5.92 Å². The molecule has 1 amide bonds. The Morgan fingerprint density at radius 2 is 2.19 bits per heavy atom. The van der Waals surface area contributed by atoms with Crippen LogP contribution >= 0.6 is 27.3 Å². The molecule has 2 nitrogen and oxygen atoms in total. The van der Waals surface area contributed by atoms with E-state index in [-0.39, 0.29) is 5.91 Å². The van der Waals surface area contributed by atoms with E-state index in [2.05, 4.69) is 28.2 Å². The third-order valence-electron chi connectivity index (χ3n) is 3.22. The van der Waals surface area contributed by atoms with Gasteiger partial charge in [-0.05, 0) is 46.8 Å². The Kier molecular flexibility index (Phi) is 4.03. The van der Waals surface area contributed by atoms with Gasteiger partial charge < -0.3 is 5.32 Å². The van der Waals surface area contributed by atoms with Crippen LogP contribution in [0.25, 0.3) is 0 Å². The molecule has 0 aliphatic heterocycles.